The van der Waals surface area contributed by atoms with Crippen LogP contribution in [0.3, 0.4) is 0 Å². The van der Waals surface area contributed by atoms with Crippen LogP contribution in [0.15, 0.2) is 72.8 Å². The Balaban J connectivity index is 1.59. The van der Waals surface area contributed by atoms with Crippen LogP contribution < -0.4 is 4.74 Å². The predicted octanol–water partition coefficient (Wildman–Crippen LogP) is 4.81. The molecule has 0 aliphatic heterocycles. The third-order valence-electron chi connectivity index (χ3n) is 4.25. The number of benzene rings is 3. The van der Waals surface area contributed by atoms with Crippen molar-refractivity contribution in [2.75, 3.05) is 7.11 Å². The van der Waals surface area contributed by atoms with E-state index >= 15 is 0 Å². The third kappa shape index (κ3) is 4.95. The van der Waals surface area contributed by atoms with Crippen LogP contribution in [0, 0.1) is 0 Å². The van der Waals surface area contributed by atoms with Gasteiger partial charge in [0.1, 0.15) is 0 Å². The molecule has 0 spiro atoms. The van der Waals surface area contributed by atoms with Gasteiger partial charge in [-0.05, 0) is 52.3 Å². The molecule has 0 radical (unpaired) electrons. The molecule has 0 unspecified atom stereocenters. The molecule has 3 rings (SSSR count). The van der Waals surface area contributed by atoms with E-state index in [0.717, 1.165) is 16.3 Å². The van der Waals surface area contributed by atoms with Gasteiger partial charge in [-0.3, -0.25) is 9.59 Å². The molecule has 4 nitrogen and oxygen atoms in total. The Morgan fingerprint density at radius 3 is 2.11 bits per heavy atom. The van der Waals surface area contributed by atoms with Crippen LogP contribution in [0.5, 0.6) is 11.5 Å². The fourth-order valence-electron chi connectivity index (χ4n) is 2.79. The van der Waals surface area contributed by atoms with Gasteiger partial charge in [0.05, 0.1) is 13.5 Å². The van der Waals surface area contributed by atoms with Crippen molar-refractivity contribution in [1.29, 1.82) is 0 Å². The molecule has 1 N–H and O–H groups in total. The number of ether oxygens (including phenoxy) is 1. The van der Waals surface area contributed by atoms with Crippen LogP contribution in [-0.2, 0) is 9.59 Å². The van der Waals surface area contributed by atoms with Crippen LogP contribution in [0.1, 0.15) is 17.5 Å². The van der Waals surface area contributed by atoms with Crippen molar-refractivity contribution < 1.29 is 19.4 Å². The van der Waals surface area contributed by atoms with E-state index in [1.807, 2.05) is 42.5 Å². The summed E-state index contributed by atoms with van der Waals surface area (Å²) in [5, 5.41) is 12.0. The summed E-state index contributed by atoms with van der Waals surface area (Å²) in [6.45, 7) is 0. The molecule has 3 aromatic carbocycles. The van der Waals surface area contributed by atoms with Gasteiger partial charge in [-0.1, -0.05) is 54.6 Å². The van der Waals surface area contributed by atoms with E-state index in [4.69, 9.17) is 4.74 Å². The molecule has 0 amide bonds. The number of phenolic OH excluding ortho intramolecular Hbond substituents is 1. The van der Waals surface area contributed by atoms with E-state index in [1.54, 1.807) is 24.3 Å². The Bertz CT molecular complexity index is 1080. The lowest BCUT2D eigenvalue weighted by molar-refractivity contribution is -0.121. The lowest BCUT2D eigenvalue weighted by atomic mass is 10.1. The zero-order chi connectivity index (χ0) is 19.9. The number of carbonyl (C=O) groups excluding carboxylic acids is 2. The van der Waals surface area contributed by atoms with Crippen molar-refractivity contribution in [1.82, 2.24) is 0 Å². The third-order valence-corrected chi connectivity index (χ3v) is 4.25. The lowest BCUT2D eigenvalue weighted by Crippen LogP contribution is -2.01. The van der Waals surface area contributed by atoms with Gasteiger partial charge in [0, 0.05) is 0 Å². The summed E-state index contributed by atoms with van der Waals surface area (Å²) in [6.07, 6.45) is 5.83. The van der Waals surface area contributed by atoms with Crippen molar-refractivity contribution in [3.05, 3.63) is 83.9 Å². The molecule has 3 aromatic rings. The van der Waals surface area contributed by atoms with E-state index in [-0.39, 0.29) is 23.7 Å². The molecule has 28 heavy (non-hydrogen) atoms. The van der Waals surface area contributed by atoms with E-state index < -0.39 is 0 Å². The Morgan fingerprint density at radius 1 is 0.857 bits per heavy atom. The van der Waals surface area contributed by atoms with E-state index in [0.29, 0.717) is 11.3 Å². The molecule has 0 aliphatic carbocycles. The standard InChI is InChI=1S/C24H20O4/c1-28-24-13-9-18(15-23(24)27)8-12-22(26)16-21(25)11-7-17-6-10-19-4-2-3-5-20(19)14-17/h2-15,27H,16H2,1H3/b11-7+,12-8+. The number of aromatic hydroxyl groups is 1. The molecule has 0 atom stereocenters. The van der Waals surface area contributed by atoms with Gasteiger partial charge in [0.15, 0.2) is 23.1 Å². The molecule has 0 saturated carbocycles. The second kappa shape index (κ2) is 8.82. The van der Waals surface area contributed by atoms with Crippen molar-refractivity contribution >= 4 is 34.5 Å². The van der Waals surface area contributed by atoms with Gasteiger partial charge >= 0.3 is 0 Å². The highest BCUT2D eigenvalue weighted by molar-refractivity contribution is 6.11. The number of methoxy groups -OCH3 is 1. The number of rotatable bonds is 7. The highest BCUT2D eigenvalue weighted by Crippen LogP contribution is 2.26. The number of carbonyl (C=O) groups is 2. The molecule has 140 valence electrons. The molecular weight excluding hydrogens is 352 g/mol. The molecule has 0 fully saturated rings. The molecule has 0 saturated heterocycles. The quantitative estimate of drug-likeness (QED) is 0.478. The first-order valence-corrected chi connectivity index (χ1v) is 8.83. The van der Waals surface area contributed by atoms with Crippen molar-refractivity contribution in [3.63, 3.8) is 0 Å². The van der Waals surface area contributed by atoms with Crippen LogP contribution in [0.25, 0.3) is 22.9 Å². The predicted molar refractivity (Wildman–Crippen MR) is 111 cm³/mol. The second-order valence-corrected chi connectivity index (χ2v) is 6.31. The normalized spacial score (nSPS) is 11.3. The summed E-state index contributed by atoms with van der Waals surface area (Å²) < 4.78 is 4.97. The van der Waals surface area contributed by atoms with Crippen LogP contribution in [-0.4, -0.2) is 23.8 Å². The van der Waals surface area contributed by atoms with Crippen molar-refractivity contribution in [2.45, 2.75) is 6.42 Å². The number of hydrogen-bond donors (Lipinski definition) is 1. The van der Waals surface area contributed by atoms with E-state index in [1.165, 1.54) is 25.3 Å². The minimum Gasteiger partial charge on any atom is -0.504 e. The largest absolute Gasteiger partial charge is 0.504 e. The second-order valence-electron chi connectivity index (χ2n) is 6.31. The average Bonchev–Trinajstić information content (AvgIpc) is 2.70. The first-order valence-electron chi connectivity index (χ1n) is 8.83. The smallest absolute Gasteiger partial charge is 0.163 e. The first-order chi connectivity index (χ1) is 13.5. The van der Waals surface area contributed by atoms with Gasteiger partial charge < -0.3 is 9.84 Å². The topological polar surface area (TPSA) is 63.6 Å². The van der Waals surface area contributed by atoms with Crippen LogP contribution in [0.2, 0.25) is 0 Å². The number of hydrogen-bond acceptors (Lipinski definition) is 4. The minimum absolute atomic E-state index is 0.00788. The maximum Gasteiger partial charge on any atom is 0.163 e. The Morgan fingerprint density at radius 2 is 1.46 bits per heavy atom. The molecule has 4 heteroatoms. The maximum atomic E-state index is 12.0. The van der Waals surface area contributed by atoms with Crippen LogP contribution >= 0.6 is 0 Å². The SMILES string of the molecule is COc1ccc(/C=C/C(=O)CC(=O)/C=C/c2ccc3ccccc3c2)cc1O. The fourth-order valence-corrected chi connectivity index (χ4v) is 2.79. The Kier molecular flexibility index (Phi) is 6.02. The summed E-state index contributed by atoms with van der Waals surface area (Å²) in [5.74, 6) is -0.215. The number of allylic oxidation sites excluding steroid dienone is 2. The Labute approximate surface area is 163 Å². The summed E-state index contributed by atoms with van der Waals surface area (Å²) in [6, 6.07) is 18.7. The van der Waals surface area contributed by atoms with Crippen molar-refractivity contribution in [3.8, 4) is 11.5 Å². The average molecular weight is 372 g/mol. The summed E-state index contributed by atoms with van der Waals surface area (Å²) in [7, 11) is 1.46. The Hall–Kier alpha value is -3.66. The van der Waals surface area contributed by atoms with Crippen LogP contribution in [0.4, 0.5) is 0 Å². The molecule has 0 aromatic heterocycles. The lowest BCUT2D eigenvalue weighted by Gasteiger charge is -2.03. The van der Waals surface area contributed by atoms with E-state index in [9.17, 15) is 14.7 Å². The molecular formula is C24H20O4. The number of ketones is 2. The highest BCUT2D eigenvalue weighted by Gasteiger charge is 2.05. The zero-order valence-electron chi connectivity index (χ0n) is 15.5. The maximum absolute atomic E-state index is 12.0. The first kappa shape index (κ1) is 19.1. The van der Waals surface area contributed by atoms with E-state index in [2.05, 4.69) is 0 Å². The minimum atomic E-state index is -0.302. The highest BCUT2D eigenvalue weighted by atomic mass is 16.5. The number of fused-ring (bicyclic) bond motifs is 1. The fraction of sp³-hybridized carbons (Fsp3) is 0.0833. The van der Waals surface area contributed by atoms with Gasteiger partial charge in [-0.15, -0.1) is 0 Å². The van der Waals surface area contributed by atoms with Crippen molar-refractivity contribution in [2.24, 2.45) is 0 Å². The molecule has 0 aliphatic rings. The van der Waals surface area contributed by atoms with Gasteiger partial charge in [0.2, 0.25) is 0 Å². The van der Waals surface area contributed by atoms with Gasteiger partial charge in [0.25, 0.3) is 0 Å². The monoisotopic (exact) mass is 372 g/mol. The summed E-state index contributed by atoms with van der Waals surface area (Å²) in [4.78, 5) is 24.0. The number of phenols is 1. The van der Waals surface area contributed by atoms with Gasteiger partial charge in [-0.2, -0.15) is 0 Å². The molecule has 0 heterocycles. The summed E-state index contributed by atoms with van der Waals surface area (Å²) in [5.41, 5.74) is 1.55. The molecule has 0 bridgehead atoms. The summed E-state index contributed by atoms with van der Waals surface area (Å²) >= 11 is 0. The zero-order valence-corrected chi connectivity index (χ0v) is 15.5. The van der Waals surface area contributed by atoms with Gasteiger partial charge in [-0.25, -0.2) is 0 Å².